The molecule has 0 saturated carbocycles. The molecule has 0 aliphatic carbocycles. The van der Waals surface area contributed by atoms with Crippen molar-refractivity contribution in [2.24, 2.45) is 0 Å². The molecular formula is C18H21FN2O. The van der Waals surface area contributed by atoms with E-state index in [1.165, 1.54) is 6.07 Å². The van der Waals surface area contributed by atoms with Crippen molar-refractivity contribution in [1.29, 1.82) is 0 Å². The van der Waals surface area contributed by atoms with Crippen LogP contribution in [0.3, 0.4) is 0 Å². The predicted octanol–water partition coefficient (Wildman–Crippen LogP) is 3.51. The van der Waals surface area contributed by atoms with Crippen molar-refractivity contribution in [2.75, 3.05) is 18.9 Å². The Morgan fingerprint density at radius 3 is 2.41 bits per heavy atom. The summed E-state index contributed by atoms with van der Waals surface area (Å²) in [4.78, 5) is 13.9. The van der Waals surface area contributed by atoms with Gasteiger partial charge >= 0.3 is 0 Å². The Hall–Kier alpha value is -2.20. The Morgan fingerprint density at radius 2 is 1.77 bits per heavy atom. The van der Waals surface area contributed by atoms with Crippen molar-refractivity contribution in [1.82, 2.24) is 4.90 Å². The van der Waals surface area contributed by atoms with Gasteiger partial charge in [-0.2, -0.15) is 0 Å². The minimum Gasteiger partial charge on any atom is -0.325 e. The number of carbonyl (C=O) groups excluding carboxylic acids is 1. The zero-order valence-electron chi connectivity index (χ0n) is 13.2. The molecule has 2 aromatic rings. The molecule has 0 bridgehead atoms. The van der Waals surface area contributed by atoms with E-state index in [-0.39, 0.29) is 18.3 Å². The number of benzene rings is 2. The second-order valence-corrected chi connectivity index (χ2v) is 5.69. The van der Waals surface area contributed by atoms with Gasteiger partial charge < -0.3 is 5.32 Å². The van der Waals surface area contributed by atoms with Gasteiger partial charge in [0.05, 0.1) is 6.54 Å². The molecule has 1 N–H and O–H groups in total. The van der Waals surface area contributed by atoms with E-state index >= 15 is 0 Å². The number of nitrogens with one attached hydrogen (secondary N) is 1. The van der Waals surface area contributed by atoms with Crippen molar-refractivity contribution in [3.8, 4) is 0 Å². The highest BCUT2D eigenvalue weighted by Crippen LogP contribution is 2.14. The number of hydrogen-bond acceptors (Lipinski definition) is 2. The molecular weight excluding hydrogens is 279 g/mol. The first kappa shape index (κ1) is 16.2. The number of aryl methyl sites for hydroxylation is 2. The van der Waals surface area contributed by atoms with Crippen LogP contribution in [0.25, 0.3) is 0 Å². The maximum absolute atomic E-state index is 13.6. The van der Waals surface area contributed by atoms with Gasteiger partial charge in [-0.05, 0) is 50.2 Å². The van der Waals surface area contributed by atoms with Crippen molar-refractivity contribution < 1.29 is 9.18 Å². The van der Waals surface area contributed by atoms with Crippen LogP contribution < -0.4 is 5.32 Å². The maximum atomic E-state index is 13.6. The van der Waals surface area contributed by atoms with Gasteiger partial charge in [-0.15, -0.1) is 0 Å². The highest BCUT2D eigenvalue weighted by molar-refractivity contribution is 5.92. The van der Waals surface area contributed by atoms with Crippen LogP contribution in [0.4, 0.5) is 10.1 Å². The van der Waals surface area contributed by atoms with Crippen LogP contribution in [0.2, 0.25) is 0 Å². The summed E-state index contributed by atoms with van der Waals surface area (Å²) in [6.07, 6.45) is 0. The zero-order chi connectivity index (χ0) is 16.1. The molecule has 4 heteroatoms. The monoisotopic (exact) mass is 300 g/mol. The third-order valence-corrected chi connectivity index (χ3v) is 3.32. The zero-order valence-corrected chi connectivity index (χ0v) is 13.2. The fourth-order valence-corrected chi connectivity index (χ4v) is 2.47. The van der Waals surface area contributed by atoms with Crippen LogP contribution in [0.5, 0.6) is 0 Å². The highest BCUT2D eigenvalue weighted by Gasteiger charge is 2.10. The van der Waals surface area contributed by atoms with E-state index in [9.17, 15) is 9.18 Å². The van der Waals surface area contributed by atoms with Crippen LogP contribution in [-0.2, 0) is 11.3 Å². The van der Waals surface area contributed by atoms with Crippen molar-refractivity contribution in [3.63, 3.8) is 0 Å². The minimum absolute atomic E-state index is 0.108. The Kier molecular flexibility index (Phi) is 5.28. The number of nitrogens with zero attached hydrogens (tertiary/aromatic N) is 1. The molecule has 0 fully saturated rings. The predicted molar refractivity (Wildman–Crippen MR) is 87.3 cm³/mol. The molecule has 0 aliphatic rings. The molecule has 116 valence electrons. The number of likely N-dealkylation sites (N-methyl/N-ethyl adjacent to an activating group) is 1. The lowest BCUT2D eigenvalue weighted by molar-refractivity contribution is -0.117. The number of amides is 1. The van der Waals surface area contributed by atoms with Gasteiger partial charge in [0, 0.05) is 17.8 Å². The third kappa shape index (κ3) is 4.67. The van der Waals surface area contributed by atoms with Crippen molar-refractivity contribution in [3.05, 3.63) is 65.0 Å². The third-order valence-electron chi connectivity index (χ3n) is 3.32. The number of anilines is 1. The van der Waals surface area contributed by atoms with Gasteiger partial charge in [0.2, 0.25) is 5.91 Å². The lowest BCUT2D eigenvalue weighted by Gasteiger charge is -2.17. The van der Waals surface area contributed by atoms with Gasteiger partial charge in [-0.3, -0.25) is 9.69 Å². The SMILES string of the molecule is Cc1cc(C)cc(NC(=O)CN(C)Cc2ccccc2F)c1. The number of carbonyl (C=O) groups is 1. The van der Waals surface area contributed by atoms with Gasteiger partial charge in [0.1, 0.15) is 5.82 Å². The molecule has 2 aromatic carbocycles. The van der Waals surface area contributed by atoms with Crippen LogP contribution in [0.15, 0.2) is 42.5 Å². The van der Waals surface area contributed by atoms with Gasteiger partial charge in [0.15, 0.2) is 0 Å². The van der Waals surface area contributed by atoms with E-state index in [2.05, 4.69) is 11.4 Å². The molecule has 22 heavy (non-hydrogen) atoms. The first-order valence-corrected chi connectivity index (χ1v) is 7.24. The van der Waals surface area contributed by atoms with E-state index in [4.69, 9.17) is 0 Å². The quantitative estimate of drug-likeness (QED) is 0.916. The molecule has 0 unspecified atom stereocenters. The summed E-state index contributed by atoms with van der Waals surface area (Å²) in [5.41, 5.74) is 3.59. The second-order valence-electron chi connectivity index (χ2n) is 5.69. The average molecular weight is 300 g/mol. The fraction of sp³-hybridized carbons (Fsp3) is 0.278. The standard InChI is InChI=1S/C18H21FN2O/c1-13-8-14(2)10-16(9-13)20-18(22)12-21(3)11-15-6-4-5-7-17(15)19/h4-10H,11-12H2,1-3H3,(H,20,22). The summed E-state index contributed by atoms with van der Waals surface area (Å²) in [5.74, 6) is -0.354. The normalized spacial score (nSPS) is 10.8. The molecule has 0 radical (unpaired) electrons. The summed E-state index contributed by atoms with van der Waals surface area (Å²) in [7, 11) is 1.80. The summed E-state index contributed by atoms with van der Waals surface area (Å²) >= 11 is 0. The van der Waals surface area contributed by atoms with Gasteiger partial charge in [-0.1, -0.05) is 24.3 Å². The minimum atomic E-state index is -0.246. The maximum Gasteiger partial charge on any atom is 0.238 e. The Bertz CT molecular complexity index is 650. The molecule has 0 spiro atoms. The molecule has 0 atom stereocenters. The van der Waals surface area contributed by atoms with E-state index in [0.29, 0.717) is 12.1 Å². The van der Waals surface area contributed by atoms with Gasteiger partial charge in [0.25, 0.3) is 0 Å². The van der Waals surface area contributed by atoms with E-state index in [1.54, 1.807) is 30.1 Å². The van der Waals surface area contributed by atoms with E-state index < -0.39 is 0 Å². The highest BCUT2D eigenvalue weighted by atomic mass is 19.1. The van der Waals surface area contributed by atoms with Crippen LogP contribution in [0, 0.1) is 19.7 Å². The summed E-state index contributed by atoms with van der Waals surface area (Å²) in [6, 6.07) is 12.5. The molecule has 0 heterocycles. The molecule has 0 aliphatic heterocycles. The van der Waals surface area contributed by atoms with E-state index in [0.717, 1.165) is 16.8 Å². The second kappa shape index (κ2) is 7.18. The fourth-order valence-electron chi connectivity index (χ4n) is 2.47. The molecule has 3 nitrogen and oxygen atoms in total. The smallest absolute Gasteiger partial charge is 0.238 e. The summed E-state index contributed by atoms with van der Waals surface area (Å²) in [6.45, 7) is 4.59. The molecule has 0 saturated heterocycles. The Balaban J connectivity index is 1.92. The first-order valence-electron chi connectivity index (χ1n) is 7.24. The lowest BCUT2D eigenvalue weighted by Crippen LogP contribution is -2.30. The Labute approximate surface area is 130 Å². The van der Waals surface area contributed by atoms with Crippen LogP contribution in [-0.4, -0.2) is 24.4 Å². The number of rotatable bonds is 5. The molecule has 1 amide bonds. The summed E-state index contributed by atoms with van der Waals surface area (Å²) in [5, 5.41) is 2.88. The lowest BCUT2D eigenvalue weighted by atomic mass is 10.1. The number of hydrogen-bond donors (Lipinski definition) is 1. The molecule has 2 rings (SSSR count). The average Bonchev–Trinajstić information content (AvgIpc) is 2.39. The molecule has 0 aromatic heterocycles. The summed E-state index contributed by atoms with van der Waals surface area (Å²) < 4.78 is 13.6. The largest absolute Gasteiger partial charge is 0.325 e. The number of halogens is 1. The Morgan fingerprint density at radius 1 is 1.14 bits per heavy atom. The van der Waals surface area contributed by atoms with Gasteiger partial charge in [-0.25, -0.2) is 4.39 Å². The van der Waals surface area contributed by atoms with Crippen LogP contribution in [0.1, 0.15) is 16.7 Å². The van der Waals surface area contributed by atoms with E-state index in [1.807, 2.05) is 26.0 Å². The van der Waals surface area contributed by atoms with Crippen LogP contribution >= 0.6 is 0 Å². The van der Waals surface area contributed by atoms with Crippen molar-refractivity contribution >= 4 is 11.6 Å². The first-order chi connectivity index (χ1) is 10.4. The topological polar surface area (TPSA) is 32.3 Å². The van der Waals surface area contributed by atoms with Crippen molar-refractivity contribution in [2.45, 2.75) is 20.4 Å².